The third kappa shape index (κ3) is 3.56. The Kier molecular flexibility index (Phi) is 4.54. The Bertz CT molecular complexity index is 534. The van der Waals surface area contributed by atoms with E-state index in [4.69, 9.17) is 16.3 Å². The molecule has 6 heteroatoms. The van der Waals surface area contributed by atoms with Crippen LogP contribution in [0.15, 0.2) is 36.5 Å². The van der Waals surface area contributed by atoms with E-state index in [0.29, 0.717) is 16.9 Å². The van der Waals surface area contributed by atoms with Gasteiger partial charge in [0.2, 0.25) is 11.8 Å². The molecule has 1 aromatic carbocycles. The van der Waals surface area contributed by atoms with E-state index in [2.05, 4.69) is 15.3 Å². The fourth-order valence-electron chi connectivity index (χ4n) is 1.61. The van der Waals surface area contributed by atoms with Crippen LogP contribution in [0.1, 0.15) is 11.6 Å². The summed E-state index contributed by atoms with van der Waals surface area (Å²) in [7, 11) is 1.54. The van der Waals surface area contributed by atoms with Crippen LogP contribution in [0.4, 0.5) is 5.95 Å². The van der Waals surface area contributed by atoms with Crippen molar-refractivity contribution in [1.29, 1.82) is 0 Å². The predicted molar refractivity (Wildman–Crippen MR) is 73.5 cm³/mol. The number of methoxy groups -OCH3 is 1. The number of hydrogen-bond acceptors (Lipinski definition) is 5. The minimum atomic E-state index is -0.302. The average molecular weight is 280 g/mol. The van der Waals surface area contributed by atoms with E-state index in [-0.39, 0.29) is 12.6 Å². The molecule has 0 radical (unpaired) electrons. The van der Waals surface area contributed by atoms with Gasteiger partial charge in [0, 0.05) is 17.3 Å². The summed E-state index contributed by atoms with van der Waals surface area (Å²) in [5.41, 5.74) is 0.901. The lowest BCUT2D eigenvalue weighted by atomic mass is 10.1. The Morgan fingerprint density at radius 3 is 2.68 bits per heavy atom. The van der Waals surface area contributed by atoms with E-state index < -0.39 is 0 Å². The first kappa shape index (κ1) is 13.6. The van der Waals surface area contributed by atoms with E-state index in [0.717, 1.165) is 5.56 Å². The van der Waals surface area contributed by atoms with Gasteiger partial charge in [0.25, 0.3) is 0 Å². The second kappa shape index (κ2) is 6.36. The number of anilines is 1. The summed E-state index contributed by atoms with van der Waals surface area (Å²) >= 11 is 5.84. The van der Waals surface area contributed by atoms with Gasteiger partial charge in [-0.2, -0.15) is 4.98 Å². The van der Waals surface area contributed by atoms with E-state index >= 15 is 0 Å². The van der Waals surface area contributed by atoms with Gasteiger partial charge in [0.05, 0.1) is 19.8 Å². The lowest BCUT2D eigenvalue weighted by Gasteiger charge is -2.16. The monoisotopic (exact) mass is 279 g/mol. The number of rotatable bonds is 5. The number of nitrogens with one attached hydrogen (secondary N) is 1. The van der Waals surface area contributed by atoms with Crippen molar-refractivity contribution >= 4 is 17.5 Å². The van der Waals surface area contributed by atoms with Gasteiger partial charge in [0.1, 0.15) is 0 Å². The van der Waals surface area contributed by atoms with E-state index in [1.54, 1.807) is 24.4 Å². The van der Waals surface area contributed by atoms with Crippen LogP contribution < -0.4 is 10.1 Å². The molecule has 2 aromatic rings. The highest BCUT2D eigenvalue weighted by atomic mass is 35.5. The molecule has 0 amide bonds. The molecule has 1 unspecified atom stereocenters. The Hall–Kier alpha value is -1.85. The van der Waals surface area contributed by atoms with Crippen LogP contribution in [0.25, 0.3) is 0 Å². The molecule has 0 aliphatic heterocycles. The Morgan fingerprint density at radius 2 is 2.05 bits per heavy atom. The molecule has 0 bridgehead atoms. The predicted octanol–water partition coefficient (Wildman–Crippen LogP) is 2.28. The number of ether oxygens (including phenoxy) is 1. The number of aliphatic hydroxyl groups is 1. The largest absolute Gasteiger partial charge is 0.481 e. The van der Waals surface area contributed by atoms with Crippen molar-refractivity contribution in [2.75, 3.05) is 19.0 Å². The van der Waals surface area contributed by atoms with Crippen LogP contribution in [-0.2, 0) is 0 Å². The van der Waals surface area contributed by atoms with Gasteiger partial charge in [-0.3, -0.25) is 0 Å². The molecule has 0 saturated heterocycles. The number of halogens is 1. The van der Waals surface area contributed by atoms with Crippen LogP contribution in [0.3, 0.4) is 0 Å². The highest BCUT2D eigenvalue weighted by Gasteiger charge is 2.11. The number of benzene rings is 1. The Balaban J connectivity index is 2.16. The van der Waals surface area contributed by atoms with Crippen LogP contribution in [0, 0.1) is 0 Å². The second-order valence-electron chi connectivity index (χ2n) is 3.85. The van der Waals surface area contributed by atoms with Crippen molar-refractivity contribution in [1.82, 2.24) is 9.97 Å². The molecule has 19 heavy (non-hydrogen) atoms. The maximum atomic E-state index is 9.45. The molecule has 1 heterocycles. The summed E-state index contributed by atoms with van der Waals surface area (Å²) in [6, 6.07) is 8.58. The van der Waals surface area contributed by atoms with Crippen LogP contribution in [-0.4, -0.2) is 28.8 Å². The summed E-state index contributed by atoms with van der Waals surface area (Å²) in [6.45, 7) is -0.0811. The van der Waals surface area contributed by atoms with Crippen molar-refractivity contribution in [2.24, 2.45) is 0 Å². The number of aliphatic hydroxyl groups excluding tert-OH is 1. The third-order valence-corrected chi connectivity index (χ3v) is 2.85. The lowest BCUT2D eigenvalue weighted by Crippen LogP contribution is -2.16. The topological polar surface area (TPSA) is 67.3 Å². The minimum absolute atomic E-state index is 0.0811. The molecule has 0 fully saturated rings. The van der Waals surface area contributed by atoms with Gasteiger partial charge in [-0.25, -0.2) is 4.98 Å². The average Bonchev–Trinajstić information content (AvgIpc) is 2.46. The highest BCUT2D eigenvalue weighted by Crippen LogP contribution is 2.20. The highest BCUT2D eigenvalue weighted by molar-refractivity contribution is 6.30. The van der Waals surface area contributed by atoms with E-state index in [1.165, 1.54) is 7.11 Å². The zero-order chi connectivity index (χ0) is 13.7. The fraction of sp³-hybridized carbons (Fsp3) is 0.231. The van der Waals surface area contributed by atoms with Crippen LogP contribution in [0.2, 0.25) is 5.02 Å². The summed E-state index contributed by atoms with van der Waals surface area (Å²) in [5.74, 6) is 0.860. The van der Waals surface area contributed by atoms with Gasteiger partial charge in [-0.1, -0.05) is 23.7 Å². The van der Waals surface area contributed by atoms with Gasteiger partial charge < -0.3 is 15.2 Å². The van der Waals surface area contributed by atoms with E-state index in [1.807, 2.05) is 12.1 Å². The normalized spacial score (nSPS) is 11.9. The number of nitrogens with zero attached hydrogens (tertiary/aromatic N) is 2. The van der Waals surface area contributed by atoms with Gasteiger partial charge >= 0.3 is 0 Å². The van der Waals surface area contributed by atoms with Crippen LogP contribution in [0.5, 0.6) is 5.88 Å². The van der Waals surface area contributed by atoms with Crippen molar-refractivity contribution in [2.45, 2.75) is 6.04 Å². The lowest BCUT2D eigenvalue weighted by molar-refractivity contribution is 0.275. The SMILES string of the molecule is COc1ccnc(NC(CO)c2ccc(Cl)cc2)n1. The van der Waals surface area contributed by atoms with Gasteiger partial charge in [-0.15, -0.1) is 0 Å². The Labute approximate surface area is 116 Å². The van der Waals surface area contributed by atoms with Gasteiger partial charge in [-0.05, 0) is 17.7 Å². The maximum Gasteiger partial charge on any atom is 0.226 e. The zero-order valence-electron chi connectivity index (χ0n) is 10.4. The molecule has 0 aliphatic carbocycles. The first-order valence-electron chi connectivity index (χ1n) is 5.73. The molecule has 2 rings (SSSR count). The molecule has 1 aromatic heterocycles. The smallest absolute Gasteiger partial charge is 0.226 e. The molecule has 5 nitrogen and oxygen atoms in total. The number of hydrogen-bond donors (Lipinski definition) is 2. The van der Waals surface area contributed by atoms with Crippen molar-refractivity contribution in [3.63, 3.8) is 0 Å². The standard InChI is InChI=1S/C13H14ClN3O2/c1-19-12-6-7-15-13(17-12)16-11(8-18)9-2-4-10(14)5-3-9/h2-7,11,18H,8H2,1H3,(H,15,16,17). The first-order chi connectivity index (χ1) is 9.22. The Morgan fingerprint density at radius 1 is 1.32 bits per heavy atom. The summed E-state index contributed by atoms with van der Waals surface area (Å²) in [4.78, 5) is 8.22. The molecular formula is C13H14ClN3O2. The maximum absolute atomic E-state index is 9.45. The molecule has 0 saturated carbocycles. The minimum Gasteiger partial charge on any atom is -0.481 e. The zero-order valence-corrected chi connectivity index (χ0v) is 11.1. The molecular weight excluding hydrogens is 266 g/mol. The first-order valence-corrected chi connectivity index (χ1v) is 6.10. The molecule has 2 N–H and O–H groups in total. The summed E-state index contributed by atoms with van der Waals surface area (Å²) < 4.78 is 5.02. The van der Waals surface area contributed by atoms with Crippen molar-refractivity contribution in [3.05, 3.63) is 47.1 Å². The quantitative estimate of drug-likeness (QED) is 0.879. The third-order valence-electron chi connectivity index (χ3n) is 2.60. The van der Waals surface area contributed by atoms with Crippen molar-refractivity contribution in [3.8, 4) is 5.88 Å². The fourth-order valence-corrected chi connectivity index (χ4v) is 1.74. The molecule has 1 atom stereocenters. The van der Waals surface area contributed by atoms with Gasteiger partial charge in [0.15, 0.2) is 0 Å². The summed E-state index contributed by atoms with van der Waals surface area (Å²) in [6.07, 6.45) is 1.59. The molecule has 0 aliphatic rings. The second-order valence-corrected chi connectivity index (χ2v) is 4.29. The number of aromatic nitrogens is 2. The van der Waals surface area contributed by atoms with Crippen LogP contribution >= 0.6 is 11.6 Å². The molecule has 100 valence electrons. The summed E-state index contributed by atoms with van der Waals surface area (Å²) in [5, 5.41) is 13.1. The van der Waals surface area contributed by atoms with E-state index in [9.17, 15) is 5.11 Å². The van der Waals surface area contributed by atoms with Crippen molar-refractivity contribution < 1.29 is 9.84 Å². The molecule has 0 spiro atoms.